The van der Waals surface area contributed by atoms with Gasteiger partial charge in [0.05, 0.1) is 19.0 Å². The van der Waals surface area contributed by atoms with Crippen LogP contribution in [0.3, 0.4) is 0 Å². The van der Waals surface area contributed by atoms with Crippen LogP contribution in [0.15, 0.2) is 35.3 Å². The van der Waals surface area contributed by atoms with E-state index < -0.39 is 87.4 Å². The van der Waals surface area contributed by atoms with Gasteiger partial charge in [-0.3, -0.25) is 19.1 Å². The molecule has 1 unspecified atom stereocenters. The number of benzene rings is 1. The Morgan fingerprint density at radius 1 is 1.12 bits per heavy atom. The van der Waals surface area contributed by atoms with E-state index in [4.69, 9.17) is 4.74 Å². The van der Waals surface area contributed by atoms with Crippen LogP contribution in [-0.4, -0.2) is 59.5 Å². The number of aromatic nitrogens is 2. The molecule has 1 aliphatic carbocycles. The Morgan fingerprint density at radius 2 is 1.78 bits per heavy atom. The Balaban J connectivity index is 1.67. The fourth-order valence-electron chi connectivity index (χ4n) is 4.46. The Kier molecular flexibility index (Phi) is 6.87. The van der Waals surface area contributed by atoms with E-state index in [0.29, 0.717) is 22.9 Å². The van der Waals surface area contributed by atoms with Gasteiger partial charge in [-0.25, -0.2) is 27.7 Å². The van der Waals surface area contributed by atoms with Crippen molar-refractivity contribution in [3.8, 4) is 5.69 Å². The molecule has 0 bridgehead atoms. The largest absolute Gasteiger partial charge is 0.466 e. The highest BCUT2D eigenvalue weighted by Gasteiger charge is 2.50. The molecule has 1 saturated carbocycles. The first-order chi connectivity index (χ1) is 19.3. The molecule has 3 heterocycles. The Labute approximate surface area is 225 Å². The van der Waals surface area contributed by atoms with E-state index in [2.05, 4.69) is 9.72 Å². The topological polar surface area (TPSA) is 120 Å². The van der Waals surface area contributed by atoms with E-state index in [-0.39, 0.29) is 25.2 Å². The number of carbonyl (C=O) groups excluding carboxylic acids is 3. The van der Waals surface area contributed by atoms with Crippen LogP contribution in [0.2, 0.25) is 0 Å². The quantitative estimate of drug-likeness (QED) is 0.349. The summed E-state index contributed by atoms with van der Waals surface area (Å²) in [5.41, 5.74) is -3.60. The number of pyridine rings is 2. The first-order valence-electron chi connectivity index (χ1n) is 11.9. The summed E-state index contributed by atoms with van der Waals surface area (Å²) in [6.45, 7) is -0.381. The van der Waals surface area contributed by atoms with Crippen LogP contribution in [0, 0.1) is 23.4 Å². The molecule has 41 heavy (non-hydrogen) atoms. The van der Waals surface area contributed by atoms with Crippen molar-refractivity contribution < 1.29 is 50.2 Å². The summed E-state index contributed by atoms with van der Waals surface area (Å²) in [4.78, 5) is 55.4. The predicted molar refractivity (Wildman–Crippen MR) is 127 cm³/mol. The predicted octanol–water partition coefficient (Wildman–Crippen LogP) is 3.37. The molecule has 1 N–H and O–H groups in total. The first kappa shape index (κ1) is 27.9. The number of hydrogen-bond acceptors (Lipinski definition) is 7. The van der Waals surface area contributed by atoms with Crippen LogP contribution in [0.1, 0.15) is 23.2 Å². The summed E-state index contributed by atoms with van der Waals surface area (Å²) in [5, 5.41) is 1.31. The van der Waals surface area contributed by atoms with Gasteiger partial charge >= 0.3 is 18.2 Å². The average molecular weight is 584 g/mol. The second-order valence-electron chi connectivity index (χ2n) is 9.34. The molecule has 5 rings (SSSR count). The number of nitrogens with zero attached hydrogens (tertiary/aromatic N) is 3. The molecule has 1 aliphatic heterocycles. The van der Waals surface area contributed by atoms with Crippen molar-refractivity contribution in [1.29, 1.82) is 0 Å². The number of anilines is 1. The Bertz CT molecular complexity index is 1630. The monoisotopic (exact) mass is 584 g/mol. The molecule has 2 aromatic heterocycles. The van der Waals surface area contributed by atoms with Crippen LogP contribution in [0.25, 0.3) is 16.7 Å². The lowest BCUT2D eigenvalue weighted by Gasteiger charge is -2.22. The van der Waals surface area contributed by atoms with Gasteiger partial charge in [0.1, 0.15) is 28.9 Å². The Hall–Kier alpha value is -4.63. The molecule has 2 aliphatic rings. The number of ether oxygens (including phenoxy) is 2. The SMILES string of the molecule is COC(=O)[C@H]1CN(c2ccc3c(=O)c(C(=O)NC(C4CC4)C(F)(F)F)cn(-c4c(F)cc(F)cc4F)c3n2)C(=O)O1. The average Bonchev–Trinajstić information content (AvgIpc) is 3.66. The number of halogens is 6. The van der Waals surface area contributed by atoms with Crippen LogP contribution in [-0.2, 0) is 14.3 Å². The summed E-state index contributed by atoms with van der Waals surface area (Å²) < 4.78 is 94.1. The van der Waals surface area contributed by atoms with Gasteiger partial charge in [-0.05, 0) is 30.9 Å². The zero-order valence-corrected chi connectivity index (χ0v) is 20.8. The standard InChI is InChI=1S/C25H18F6N4O6/c1-40-23(38)16-9-34(24(39)41-16)17-5-4-12-19(36)13(22(37)33-20(10-2-3-10)25(29,30)31)8-35(21(12)32-17)18-14(27)6-11(26)7-15(18)28/h4-8,10,16,20H,2-3,9H2,1H3,(H,33,37)/t16-,20?/m1/s1. The minimum atomic E-state index is -4.83. The van der Waals surface area contributed by atoms with E-state index in [9.17, 15) is 45.5 Å². The minimum absolute atomic E-state index is 0.195. The van der Waals surface area contributed by atoms with Crippen molar-refractivity contribution in [3.05, 3.63) is 63.7 Å². The van der Waals surface area contributed by atoms with Crippen molar-refractivity contribution in [1.82, 2.24) is 14.9 Å². The zero-order chi connectivity index (χ0) is 29.8. The van der Waals surface area contributed by atoms with Gasteiger partial charge in [-0.2, -0.15) is 13.2 Å². The van der Waals surface area contributed by atoms with Gasteiger partial charge in [0.25, 0.3) is 5.91 Å². The van der Waals surface area contributed by atoms with E-state index >= 15 is 0 Å². The van der Waals surface area contributed by atoms with Crippen molar-refractivity contribution >= 4 is 34.8 Å². The molecule has 3 aromatic rings. The molecule has 2 amide bonds. The second kappa shape index (κ2) is 10.1. The first-order valence-corrected chi connectivity index (χ1v) is 11.9. The lowest BCUT2D eigenvalue weighted by Crippen LogP contribution is -2.48. The van der Waals surface area contributed by atoms with Gasteiger partial charge in [0.15, 0.2) is 17.3 Å². The molecule has 216 valence electrons. The summed E-state index contributed by atoms with van der Waals surface area (Å²) in [7, 11) is 1.06. The van der Waals surface area contributed by atoms with Crippen LogP contribution < -0.4 is 15.6 Å². The van der Waals surface area contributed by atoms with Gasteiger partial charge < -0.3 is 14.8 Å². The molecular formula is C25H18F6N4O6. The third-order valence-electron chi connectivity index (χ3n) is 6.59. The maximum atomic E-state index is 14.9. The maximum absolute atomic E-state index is 14.9. The lowest BCUT2D eigenvalue weighted by molar-refractivity contribution is -0.158. The third-order valence-corrected chi connectivity index (χ3v) is 6.59. The fourth-order valence-corrected chi connectivity index (χ4v) is 4.46. The number of fused-ring (bicyclic) bond motifs is 1. The highest BCUT2D eigenvalue weighted by Crippen LogP contribution is 2.40. The molecule has 16 heteroatoms. The number of esters is 1. The van der Waals surface area contributed by atoms with Crippen LogP contribution in [0.4, 0.5) is 37.0 Å². The summed E-state index contributed by atoms with van der Waals surface area (Å²) in [6.07, 6.45) is -6.24. The maximum Gasteiger partial charge on any atom is 0.416 e. The van der Waals surface area contributed by atoms with E-state index in [0.717, 1.165) is 24.1 Å². The fraction of sp³-hybridized carbons (Fsp3) is 0.320. The highest BCUT2D eigenvalue weighted by molar-refractivity contribution is 5.98. The molecule has 0 spiro atoms. The number of hydrogen-bond donors (Lipinski definition) is 1. The molecule has 1 aromatic carbocycles. The third kappa shape index (κ3) is 5.16. The molecule has 10 nitrogen and oxygen atoms in total. The molecule has 0 radical (unpaired) electrons. The van der Waals surface area contributed by atoms with Crippen molar-refractivity contribution in [3.63, 3.8) is 0 Å². The number of cyclic esters (lactones) is 1. The zero-order valence-electron chi connectivity index (χ0n) is 20.8. The molecule has 2 atom stereocenters. The number of rotatable bonds is 6. The molecule has 1 saturated heterocycles. The normalized spacial score (nSPS) is 17.9. The van der Waals surface area contributed by atoms with Gasteiger partial charge in [-0.15, -0.1) is 0 Å². The smallest absolute Gasteiger partial charge is 0.416 e. The lowest BCUT2D eigenvalue weighted by atomic mass is 10.1. The van der Waals surface area contributed by atoms with E-state index in [1.54, 1.807) is 5.32 Å². The summed E-state index contributed by atoms with van der Waals surface area (Å²) >= 11 is 0. The van der Waals surface area contributed by atoms with Gasteiger partial charge in [0, 0.05) is 18.3 Å². The molecule has 2 fully saturated rings. The highest BCUT2D eigenvalue weighted by atomic mass is 19.4. The van der Waals surface area contributed by atoms with Gasteiger partial charge in [-0.1, -0.05) is 0 Å². The number of alkyl halides is 3. The summed E-state index contributed by atoms with van der Waals surface area (Å²) in [6, 6.07) is 0.460. The van der Waals surface area contributed by atoms with Gasteiger partial charge in [0.2, 0.25) is 11.5 Å². The Morgan fingerprint density at radius 3 is 2.37 bits per heavy atom. The van der Waals surface area contributed by atoms with Crippen molar-refractivity contribution in [2.45, 2.75) is 31.2 Å². The summed E-state index contributed by atoms with van der Waals surface area (Å²) in [5.74, 6) is -7.79. The number of carbonyl (C=O) groups is 3. The number of methoxy groups -OCH3 is 1. The van der Waals surface area contributed by atoms with Crippen LogP contribution in [0.5, 0.6) is 0 Å². The second-order valence-corrected chi connectivity index (χ2v) is 9.34. The van der Waals surface area contributed by atoms with E-state index in [1.807, 2.05) is 0 Å². The van der Waals surface area contributed by atoms with Crippen molar-refractivity contribution in [2.75, 3.05) is 18.6 Å². The van der Waals surface area contributed by atoms with E-state index in [1.165, 1.54) is 0 Å². The minimum Gasteiger partial charge on any atom is -0.466 e. The van der Waals surface area contributed by atoms with Crippen molar-refractivity contribution in [2.24, 2.45) is 5.92 Å². The number of nitrogens with one attached hydrogen (secondary N) is 1. The van der Waals surface area contributed by atoms with Crippen LogP contribution >= 0.6 is 0 Å². The number of amides is 2. The molecular weight excluding hydrogens is 566 g/mol.